The normalized spacial score (nSPS) is 26.6. The highest BCUT2D eigenvalue weighted by Gasteiger charge is 2.44. The second kappa shape index (κ2) is 3.86. The van der Waals surface area contributed by atoms with E-state index in [0.717, 1.165) is 0 Å². The Morgan fingerprint density at radius 3 is 2.57 bits per heavy atom. The van der Waals surface area contributed by atoms with Crippen molar-refractivity contribution in [2.24, 2.45) is 5.41 Å². The van der Waals surface area contributed by atoms with Crippen LogP contribution in [0.5, 0.6) is 0 Å². The van der Waals surface area contributed by atoms with Crippen molar-refractivity contribution < 1.29 is 23.8 Å². The highest BCUT2D eigenvalue weighted by atomic mass is 16.8. The van der Waals surface area contributed by atoms with E-state index in [1.807, 2.05) is 20.8 Å². The molecular formula is C9H14O5. The molecule has 5 nitrogen and oxygen atoms in total. The summed E-state index contributed by atoms with van der Waals surface area (Å²) in [5, 5.41) is 0. The molecule has 0 bridgehead atoms. The van der Waals surface area contributed by atoms with E-state index in [0.29, 0.717) is 6.47 Å². The van der Waals surface area contributed by atoms with Crippen LogP contribution in [0.2, 0.25) is 0 Å². The van der Waals surface area contributed by atoms with Crippen molar-refractivity contribution in [3.63, 3.8) is 0 Å². The summed E-state index contributed by atoms with van der Waals surface area (Å²) in [6.45, 7) is 6.14. The second-order valence-corrected chi connectivity index (χ2v) is 4.24. The Balaban J connectivity index is 2.62. The largest absolute Gasteiger partial charge is 0.509 e. The fourth-order valence-corrected chi connectivity index (χ4v) is 1.38. The molecule has 5 heteroatoms. The number of ether oxygens (including phenoxy) is 3. The van der Waals surface area contributed by atoms with Gasteiger partial charge in [0.05, 0.1) is 0 Å². The van der Waals surface area contributed by atoms with E-state index in [9.17, 15) is 9.59 Å². The molecule has 0 N–H and O–H groups in total. The van der Waals surface area contributed by atoms with Crippen LogP contribution in [0.4, 0.5) is 4.79 Å². The van der Waals surface area contributed by atoms with E-state index in [2.05, 4.69) is 4.74 Å². The Morgan fingerprint density at radius 2 is 2.07 bits per heavy atom. The molecule has 1 fully saturated rings. The first-order chi connectivity index (χ1) is 6.45. The summed E-state index contributed by atoms with van der Waals surface area (Å²) in [4.78, 5) is 20.9. The van der Waals surface area contributed by atoms with Gasteiger partial charge in [-0.3, -0.25) is 4.79 Å². The number of carbonyl (C=O) groups excluding carboxylic acids is 2. The Labute approximate surface area is 82.3 Å². The number of carbonyl (C=O) groups is 2. The molecule has 0 aliphatic carbocycles. The van der Waals surface area contributed by atoms with Crippen LogP contribution in [0.1, 0.15) is 20.8 Å². The minimum atomic E-state index is -0.704. The fraction of sp³-hybridized carbons (Fsp3) is 0.778. The van der Waals surface area contributed by atoms with Crippen LogP contribution < -0.4 is 0 Å². The van der Waals surface area contributed by atoms with Crippen LogP contribution in [-0.2, 0) is 19.0 Å². The van der Waals surface area contributed by atoms with Crippen molar-refractivity contribution in [2.75, 3.05) is 6.61 Å². The van der Waals surface area contributed by atoms with Gasteiger partial charge in [-0.2, -0.15) is 0 Å². The van der Waals surface area contributed by atoms with Gasteiger partial charge >= 0.3 is 6.16 Å². The first kappa shape index (κ1) is 10.8. The highest BCUT2D eigenvalue weighted by Crippen LogP contribution is 2.31. The fourth-order valence-electron chi connectivity index (χ4n) is 1.38. The Hall–Kier alpha value is -1.26. The molecule has 0 amide bonds. The second-order valence-electron chi connectivity index (χ2n) is 4.24. The molecule has 80 valence electrons. The number of rotatable bonds is 3. The maximum Gasteiger partial charge on any atom is 0.509 e. The molecule has 0 spiro atoms. The van der Waals surface area contributed by atoms with Crippen molar-refractivity contribution >= 4 is 12.6 Å². The SMILES string of the molecule is CC(C)(C)C1OC(=O)OC1COC=O. The van der Waals surface area contributed by atoms with Crippen LogP contribution in [0.3, 0.4) is 0 Å². The lowest BCUT2D eigenvalue weighted by Gasteiger charge is -2.27. The van der Waals surface area contributed by atoms with Crippen LogP contribution in [0.15, 0.2) is 0 Å². The van der Waals surface area contributed by atoms with Gasteiger partial charge in [0.25, 0.3) is 6.47 Å². The molecule has 1 aliphatic heterocycles. The molecule has 14 heavy (non-hydrogen) atoms. The Morgan fingerprint density at radius 1 is 1.43 bits per heavy atom. The molecule has 2 unspecified atom stereocenters. The Bertz CT molecular complexity index is 230. The predicted octanol–water partition coefficient (Wildman–Crippen LogP) is 1.11. The average molecular weight is 202 g/mol. The molecule has 0 aromatic heterocycles. The van der Waals surface area contributed by atoms with Crippen LogP contribution in [-0.4, -0.2) is 31.4 Å². The predicted molar refractivity (Wildman–Crippen MR) is 46.6 cm³/mol. The summed E-state index contributed by atoms with van der Waals surface area (Å²) < 4.78 is 14.4. The summed E-state index contributed by atoms with van der Waals surface area (Å²) in [5.41, 5.74) is -0.233. The summed E-state index contributed by atoms with van der Waals surface area (Å²) in [5.74, 6) is 0. The van der Waals surface area contributed by atoms with Gasteiger partial charge in [-0.05, 0) is 0 Å². The topological polar surface area (TPSA) is 61.8 Å². The first-order valence-corrected chi connectivity index (χ1v) is 4.37. The monoisotopic (exact) mass is 202 g/mol. The lowest BCUT2D eigenvalue weighted by atomic mass is 9.86. The zero-order chi connectivity index (χ0) is 10.8. The van der Waals surface area contributed by atoms with Crippen LogP contribution >= 0.6 is 0 Å². The van der Waals surface area contributed by atoms with Gasteiger partial charge in [0.15, 0.2) is 12.2 Å². The van der Waals surface area contributed by atoms with Gasteiger partial charge in [-0.1, -0.05) is 20.8 Å². The summed E-state index contributed by atoms with van der Waals surface area (Å²) in [6.07, 6.45) is -1.59. The third kappa shape index (κ3) is 2.37. The molecule has 0 saturated carbocycles. The minimum Gasteiger partial charge on any atom is -0.464 e. The van der Waals surface area contributed by atoms with Gasteiger partial charge in [-0.15, -0.1) is 0 Å². The smallest absolute Gasteiger partial charge is 0.464 e. The van der Waals surface area contributed by atoms with Crippen LogP contribution in [0, 0.1) is 5.41 Å². The van der Waals surface area contributed by atoms with Crippen LogP contribution in [0.25, 0.3) is 0 Å². The van der Waals surface area contributed by atoms with Crippen molar-refractivity contribution in [2.45, 2.75) is 33.0 Å². The zero-order valence-corrected chi connectivity index (χ0v) is 8.48. The van der Waals surface area contributed by atoms with E-state index in [1.54, 1.807) is 0 Å². The Kier molecular flexibility index (Phi) is 2.98. The zero-order valence-electron chi connectivity index (χ0n) is 8.48. The van der Waals surface area contributed by atoms with Gasteiger partial charge in [-0.25, -0.2) is 4.79 Å². The van der Waals surface area contributed by atoms with Crippen molar-refractivity contribution in [1.29, 1.82) is 0 Å². The van der Waals surface area contributed by atoms with E-state index >= 15 is 0 Å². The number of hydrogen-bond acceptors (Lipinski definition) is 5. The molecule has 1 heterocycles. The van der Waals surface area contributed by atoms with Gasteiger partial charge in [0.2, 0.25) is 0 Å². The third-order valence-electron chi connectivity index (χ3n) is 1.99. The molecule has 1 saturated heterocycles. The molecule has 1 aliphatic rings. The molecule has 2 atom stereocenters. The van der Waals surface area contributed by atoms with Gasteiger partial charge in [0, 0.05) is 5.41 Å². The van der Waals surface area contributed by atoms with Crippen molar-refractivity contribution in [3.05, 3.63) is 0 Å². The lowest BCUT2D eigenvalue weighted by molar-refractivity contribution is -0.132. The summed E-state index contributed by atoms with van der Waals surface area (Å²) >= 11 is 0. The number of cyclic esters (lactones) is 2. The molecular weight excluding hydrogens is 188 g/mol. The molecule has 0 radical (unpaired) electrons. The molecule has 1 rings (SSSR count). The first-order valence-electron chi connectivity index (χ1n) is 4.37. The highest BCUT2D eigenvalue weighted by molar-refractivity contribution is 5.62. The standard InChI is InChI=1S/C9H14O5/c1-9(2,3)7-6(4-12-5-10)13-8(11)14-7/h5-7H,4H2,1-3H3. The van der Waals surface area contributed by atoms with E-state index < -0.39 is 12.3 Å². The minimum absolute atomic E-state index is 0.0389. The molecule has 0 aromatic carbocycles. The lowest BCUT2D eigenvalue weighted by Crippen LogP contribution is -2.38. The maximum absolute atomic E-state index is 10.9. The summed E-state index contributed by atoms with van der Waals surface area (Å²) in [7, 11) is 0. The van der Waals surface area contributed by atoms with Crippen molar-refractivity contribution in [3.8, 4) is 0 Å². The van der Waals surface area contributed by atoms with E-state index in [4.69, 9.17) is 9.47 Å². The molecule has 0 aromatic rings. The van der Waals surface area contributed by atoms with E-state index in [1.165, 1.54) is 0 Å². The quantitative estimate of drug-likeness (QED) is 0.506. The van der Waals surface area contributed by atoms with Gasteiger partial charge in [0.1, 0.15) is 6.61 Å². The third-order valence-corrected chi connectivity index (χ3v) is 1.99. The van der Waals surface area contributed by atoms with Gasteiger partial charge < -0.3 is 14.2 Å². The average Bonchev–Trinajstić information content (AvgIpc) is 2.42. The maximum atomic E-state index is 10.9. The summed E-state index contributed by atoms with van der Waals surface area (Å²) in [6, 6.07) is 0. The van der Waals surface area contributed by atoms with E-state index in [-0.39, 0.29) is 18.1 Å². The number of hydrogen-bond donors (Lipinski definition) is 0. The van der Waals surface area contributed by atoms with Crippen molar-refractivity contribution in [1.82, 2.24) is 0 Å².